The standard InChI is InChI=1S/C62H59FN10O15/c1-33-38-17-19-43(55-39-29-73-47(56(39)70-45(54(38)55)25-42(33)63)24-41-40(59(73)82)31-87-60(83)62(41,2)85)71-58(81)44-18-16-37(26-64-44)68-61(84)88-30-35-12-14-36(15-13-35)67-49(75)27-66-57(80)46(23-34-9-5-3-6-10-34)69-50(76)32-86-53(79)28-65-48(74)11-7-4-8-22-72-51(77)20-21-52(72)78/h3,5-6,9-10,12-16,18,20-21,24-26,43,46,85H,4,7-8,11,17,19,22-23,27-32H2,1-2H3,(H,65,74)(H,66,80)(H,67,75)(H,68,84)(H,69,76)(H,71,81)/t43-,46-,62-/m0/s1. The van der Waals surface area contributed by atoms with E-state index in [2.05, 4.69) is 36.9 Å². The van der Waals surface area contributed by atoms with Gasteiger partial charge in [0.2, 0.25) is 17.7 Å². The van der Waals surface area contributed by atoms with Crippen molar-refractivity contribution in [1.82, 2.24) is 40.7 Å². The van der Waals surface area contributed by atoms with Crippen molar-refractivity contribution in [1.29, 1.82) is 0 Å². The number of esters is 2. The highest BCUT2D eigenvalue weighted by Gasteiger charge is 2.44. The lowest BCUT2D eigenvalue weighted by molar-refractivity contribution is -0.169. The Hall–Kier alpha value is -10.5. The minimum atomic E-state index is -2.09. The van der Waals surface area contributed by atoms with E-state index in [4.69, 9.17) is 19.2 Å². The number of hydrogen-bond acceptors (Lipinski definition) is 17. The SMILES string of the molecule is Cc1c(F)cc2nc3c(c4c2c1CC[C@@H]4NC(=O)c1ccc(NC(=O)OCc2ccc(NC(=O)CNC(=O)[C@H](Cc4ccccc4)NC(=O)COC(=O)CNC(=O)CCCCCN4C(=O)C=CC4=O)cc2)cn1)Cn1c-3cc2c(c1=O)COC(=O)[C@@]2(C)O. The third-order valence-corrected chi connectivity index (χ3v) is 15.5. The van der Waals surface area contributed by atoms with Gasteiger partial charge in [-0.05, 0) is 97.7 Å². The number of aryl methyl sites for hydroxylation is 1. The van der Waals surface area contributed by atoms with Crippen molar-refractivity contribution in [2.24, 2.45) is 0 Å². The summed E-state index contributed by atoms with van der Waals surface area (Å²) in [5.41, 5.74) is 2.92. The maximum absolute atomic E-state index is 15.4. The highest BCUT2D eigenvalue weighted by atomic mass is 19.1. The molecular formula is C62H59FN10O15. The van der Waals surface area contributed by atoms with Crippen LogP contribution in [-0.4, -0.2) is 116 Å². The molecule has 3 atom stereocenters. The van der Waals surface area contributed by atoms with E-state index < -0.39 is 96.3 Å². The molecule has 4 aliphatic rings. The number of halogens is 1. The summed E-state index contributed by atoms with van der Waals surface area (Å²) in [7, 11) is 0. The Labute approximate surface area is 500 Å². The summed E-state index contributed by atoms with van der Waals surface area (Å²) < 4.78 is 32.4. The Morgan fingerprint density at radius 3 is 2.31 bits per heavy atom. The molecule has 0 fully saturated rings. The van der Waals surface area contributed by atoms with E-state index in [-0.39, 0.29) is 73.5 Å². The first kappa shape index (κ1) is 60.6. The fourth-order valence-electron chi connectivity index (χ4n) is 10.9. The molecule has 0 saturated carbocycles. The number of cyclic esters (lactones) is 1. The number of ether oxygens (including phenoxy) is 3. The molecule has 88 heavy (non-hydrogen) atoms. The van der Waals surface area contributed by atoms with Gasteiger partial charge in [0.1, 0.15) is 37.3 Å². The van der Waals surface area contributed by atoms with Gasteiger partial charge in [0.05, 0.1) is 53.5 Å². The van der Waals surface area contributed by atoms with Crippen LogP contribution in [0.25, 0.3) is 22.3 Å². The minimum absolute atomic E-state index is 0.0149. The van der Waals surface area contributed by atoms with Gasteiger partial charge in [-0.2, -0.15) is 0 Å². The van der Waals surface area contributed by atoms with E-state index in [9.17, 15) is 57.8 Å². The van der Waals surface area contributed by atoms with Gasteiger partial charge in [0, 0.05) is 59.8 Å². The lowest BCUT2D eigenvalue weighted by atomic mass is 9.81. The van der Waals surface area contributed by atoms with Crippen molar-refractivity contribution in [3.05, 3.63) is 164 Å². The molecule has 0 radical (unpaired) electrons. The van der Waals surface area contributed by atoms with Crippen LogP contribution in [-0.2, 0) is 90.8 Å². The lowest BCUT2D eigenvalue weighted by Crippen LogP contribution is -2.50. The molecule has 26 heteroatoms. The van der Waals surface area contributed by atoms with Crippen LogP contribution in [0.4, 0.5) is 20.6 Å². The number of benzene rings is 3. The molecule has 25 nitrogen and oxygen atoms in total. The summed E-state index contributed by atoms with van der Waals surface area (Å²) in [4.78, 5) is 151. The Morgan fingerprint density at radius 2 is 1.57 bits per heavy atom. The fraction of sp³-hybridized carbons (Fsp3) is 0.306. The van der Waals surface area contributed by atoms with Gasteiger partial charge in [0.15, 0.2) is 12.2 Å². The average Bonchev–Trinajstić information content (AvgIpc) is 1.47. The number of aliphatic hydroxyl groups is 1. The number of hydrogen-bond donors (Lipinski definition) is 7. The van der Waals surface area contributed by atoms with Gasteiger partial charge in [0.25, 0.3) is 29.2 Å². The molecule has 10 rings (SSSR count). The number of anilines is 2. The van der Waals surface area contributed by atoms with Crippen molar-refractivity contribution in [2.75, 3.05) is 36.9 Å². The average molecular weight is 1200 g/mol. The fourth-order valence-corrected chi connectivity index (χ4v) is 10.9. The molecule has 0 spiro atoms. The second kappa shape index (κ2) is 26.0. The number of imide groups is 1. The van der Waals surface area contributed by atoms with Gasteiger partial charge in [-0.1, -0.05) is 48.9 Å². The maximum atomic E-state index is 15.4. The second-order valence-electron chi connectivity index (χ2n) is 21.6. The zero-order valence-corrected chi connectivity index (χ0v) is 47.6. The van der Waals surface area contributed by atoms with Crippen LogP contribution >= 0.6 is 0 Å². The van der Waals surface area contributed by atoms with E-state index in [1.807, 2.05) is 0 Å². The number of unbranched alkanes of at least 4 members (excludes halogenated alkanes) is 2. The van der Waals surface area contributed by atoms with Gasteiger partial charge < -0.3 is 50.5 Å². The Balaban J connectivity index is 0.668. The number of pyridine rings is 3. The molecule has 6 aromatic rings. The highest BCUT2D eigenvalue weighted by molar-refractivity contribution is 6.13. The van der Waals surface area contributed by atoms with Crippen LogP contribution in [0.1, 0.15) is 100 Å². The molecule has 8 amide bonds. The normalized spacial score (nSPS) is 16.3. The van der Waals surface area contributed by atoms with Crippen molar-refractivity contribution in [3.8, 4) is 11.4 Å². The Kier molecular flexibility index (Phi) is 17.9. The molecule has 7 N–H and O–H groups in total. The summed E-state index contributed by atoms with van der Waals surface area (Å²) in [5.74, 6) is -6.13. The third kappa shape index (κ3) is 13.5. The monoisotopic (exact) mass is 1200 g/mol. The van der Waals surface area contributed by atoms with Crippen molar-refractivity contribution >= 4 is 81.7 Å². The van der Waals surface area contributed by atoms with Crippen molar-refractivity contribution in [3.63, 3.8) is 0 Å². The number of nitrogens with zero attached hydrogens (tertiary/aromatic N) is 4. The van der Waals surface area contributed by atoms with Crippen LogP contribution in [0.2, 0.25) is 0 Å². The van der Waals surface area contributed by atoms with Crippen LogP contribution in [0.3, 0.4) is 0 Å². The predicted molar refractivity (Wildman–Crippen MR) is 310 cm³/mol. The molecule has 1 aliphatic carbocycles. The number of amides is 8. The molecular weight excluding hydrogens is 1140 g/mol. The van der Waals surface area contributed by atoms with Crippen LogP contribution < -0.4 is 37.5 Å². The summed E-state index contributed by atoms with van der Waals surface area (Å²) in [6.07, 6.45) is 5.24. The van der Waals surface area contributed by atoms with Gasteiger partial charge >= 0.3 is 18.0 Å². The molecule has 0 bridgehead atoms. The summed E-state index contributed by atoms with van der Waals surface area (Å²) >= 11 is 0. The predicted octanol–water partition coefficient (Wildman–Crippen LogP) is 3.63. The Bertz CT molecular complexity index is 3930. The van der Waals surface area contributed by atoms with Gasteiger partial charge in [-0.25, -0.2) is 23.9 Å². The van der Waals surface area contributed by atoms with Gasteiger partial charge in [-0.3, -0.25) is 53.4 Å². The number of carbonyl (C=O) groups is 10. The number of carbonyl (C=O) groups excluding carboxylic acids is 10. The Morgan fingerprint density at radius 1 is 0.818 bits per heavy atom. The highest BCUT2D eigenvalue weighted by Crippen LogP contribution is 2.46. The van der Waals surface area contributed by atoms with E-state index in [0.717, 1.165) is 10.5 Å². The topological polar surface area (TPSA) is 342 Å². The minimum Gasteiger partial charge on any atom is -0.458 e. The molecule has 0 saturated heterocycles. The number of fused-ring (bicyclic) bond motifs is 5. The lowest BCUT2D eigenvalue weighted by Gasteiger charge is -2.29. The molecule has 3 aromatic carbocycles. The van der Waals surface area contributed by atoms with E-state index >= 15 is 4.39 Å². The zero-order valence-electron chi connectivity index (χ0n) is 47.6. The van der Waals surface area contributed by atoms with Crippen molar-refractivity contribution < 1.29 is 71.7 Å². The summed E-state index contributed by atoms with van der Waals surface area (Å²) in [6.45, 7) is 0.973. The quantitative estimate of drug-likeness (QED) is 0.0220. The summed E-state index contributed by atoms with van der Waals surface area (Å²) in [6, 6.07) is 19.0. The second-order valence-corrected chi connectivity index (χ2v) is 21.6. The third-order valence-electron chi connectivity index (χ3n) is 15.5. The summed E-state index contributed by atoms with van der Waals surface area (Å²) in [5, 5.41) is 27.5. The number of rotatable bonds is 22. The largest absolute Gasteiger partial charge is 0.458 e. The van der Waals surface area contributed by atoms with E-state index in [1.165, 1.54) is 48.0 Å². The molecule has 0 unspecified atom stereocenters. The van der Waals surface area contributed by atoms with E-state index in [0.29, 0.717) is 87.9 Å². The smallest absolute Gasteiger partial charge is 0.412 e. The number of aromatic nitrogens is 3. The zero-order chi connectivity index (χ0) is 62.4. The number of nitrogens with one attached hydrogen (secondary N) is 6. The molecule has 3 aromatic heterocycles. The van der Waals surface area contributed by atoms with Crippen molar-refractivity contribution in [2.45, 2.75) is 96.2 Å². The van der Waals surface area contributed by atoms with Crippen LogP contribution in [0.15, 0.2) is 102 Å². The van der Waals surface area contributed by atoms with Crippen LogP contribution in [0, 0.1) is 12.7 Å². The van der Waals surface area contributed by atoms with E-state index in [1.54, 1.807) is 67.6 Å². The molecule has 3 aliphatic heterocycles. The first-order chi connectivity index (χ1) is 42.2. The molecule has 454 valence electrons. The van der Waals surface area contributed by atoms with Gasteiger partial charge in [-0.15, -0.1) is 0 Å². The first-order valence-corrected chi connectivity index (χ1v) is 28.2. The molecule has 6 heterocycles. The maximum Gasteiger partial charge on any atom is 0.412 e. The first-order valence-electron chi connectivity index (χ1n) is 28.2. The van der Waals surface area contributed by atoms with Crippen LogP contribution in [0.5, 0.6) is 0 Å².